The van der Waals surface area contributed by atoms with Gasteiger partial charge >= 0.3 is 6.03 Å². The largest absolute Gasteiger partial charge is 0.491 e. The lowest BCUT2D eigenvalue weighted by molar-refractivity contribution is -0.136. The van der Waals surface area contributed by atoms with Crippen LogP contribution in [0.3, 0.4) is 0 Å². The minimum Gasteiger partial charge on any atom is -0.491 e. The van der Waals surface area contributed by atoms with Gasteiger partial charge in [0.1, 0.15) is 24.7 Å². The minimum atomic E-state index is -0.399. The Bertz CT molecular complexity index is 972. The fourth-order valence-corrected chi connectivity index (χ4v) is 4.81. The van der Waals surface area contributed by atoms with E-state index in [1.807, 2.05) is 46.1 Å². The zero-order chi connectivity index (χ0) is 24.2. The zero-order valence-electron chi connectivity index (χ0n) is 20.1. The molecule has 1 aliphatic heterocycles. The maximum atomic E-state index is 13.6. The van der Waals surface area contributed by atoms with Crippen LogP contribution in [0.4, 0.5) is 9.18 Å². The molecular weight excluding hydrogens is 441 g/mol. The minimum absolute atomic E-state index is 0.00709. The molecule has 1 N–H and O–H groups in total. The number of thiophene rings is 1. The van der Waals surface area contributed by atoms with Gasteiger partial charge in [-0.15, -0.1) is 11.3 Å². The van der Waals surface area contributed by atoms with Crippen LogP contribution >= 0.6 is 11.3 Å². The third kappa shape index (κ3) is 6.47. The summed E-state index contributed by atoms with van der Waals surface area (Å²) in [5, 5.41) is 5.00. The summed E-state index contributed by atoms with van der Waals surface area (Å²) in [6, 6.07) is 7.41. The van der Waals surface area contributed by atoms with E-state index in [2.05, 4.69) is 5.32 Å². The van der Waals surface area contributed by atoms with E-state index in [1.165, 1.54) is 17.0 Å². The Kier molecular flexibility index (Phi) is 8.00. The molecule has 3 amide bonds. The summed E-state index contributed by atoms with van der Waals surface area (Å²) in [7, 11) is 0. The van der Waals surface area contributed by atoms with Crippen LogP contribution in [0, 0.1) is 5.82 Å². The average molecular weight is 476 g/mol. The molecule has 0 bridgehead atoms. The van der Waals surface area contributed by atoms with Crippen LogP contribution in [0.15, 0.2) is 35.7 Å². The van der Waals surface area contributed by atoms with Gasteiger partial charge < -0.3 is 19.9 Å². The van der Waals surface area contributed by atoms with Crippen molar-refractivity contribution in [2.45, 2.75) is 65.1 Å². The lowest BCUT2D eigenvalue weighted by atomic mass is 10.00. The molecule has 1 aromatic carbocycles. The highest BCUT2D eigenvalue weighted by Crippen LogP contribution is 2.34. The van der Waals surface area contributed by atoms with E-state index in [9.17, 15) is 14.0 Å². The van der Waals surface area contributed by atoms with E-state index in [4.69, 9.17) is 4.74 Å². The predicted molar refractivity (Wildman–Crippen MR) is 129 cm³/mol. The van der Waals surface area contributed by atoms with Gasteiger partial charge in [0.05, 0.1) is 6.04 Å². The van der Waals surface area contributed by atoms with Gasteiger partial charge in [-0.05, 0) is 69.7 Å². The number of rotatable bonds is 7. The van der Waals surface area contributed by atoms with Crippen LogP contribution in [-0.2, 0) is 11.2 Å². The molecule has 1 aliphatic rings. The van der Waals surface area contributed by atoms with E-state index in [1.54, 1.807) is 33.3 Å². The Hall–Kier alpha value is -2.61. The SMILES string of the molecule is CC[C@@H](C)N(CC(=O)N1CCc2sccc2[C@H]1COc1cccc(F)c1)C(=O)NC(C)(C)C. The number of ether oxygens (including phenoxy) is 1. The number of nitrogens with one attached hydrogen (secondary N) is 1. The van der Waals surface area contributed by atoms with Gasteiger partial charge in [-0.2, -0.15) is 0 Å². The third-order valence-electron chi connectivity index (χ3n) is 5.79. The van der Waals surface area contributed by atoms with Crippen molar-refractivity contribution in [2.75, 3.05) is 19.7 Å². The second kappa shape index (κ2) is 10.5. The maximum Gasteiger partial charge on any atom is 0.318 e. The van der Waals surface area contributed by atoms with E-state index in [0.717, 1.165) is 18.4 Å². The summed E-state index contributed by atoms with van der Waals surface area (Å²) < 4.78 is 19.5. The number of hydrogen-bond donors (Lipinski definition) is 1. The van der Waals surface area contributed by atoms with E-state index in [-0.39, 0.29) is 43.0 Å². The summed E-state index contributed by atoms with van der Waals surface area (Å²) in [6.07, 6.45) is 1.51. The maximum absolute atomic E-state index is 13.6. The van der Waals surface area contributed by atoms with Crippen molar-refractivity contribution in [3.8, 4) is 5.75 Å². The van der Waals surface area contributed by atoms with Gasteiger partial charge in [0, 0.05) is 29.1 Å². The molecule has 0 saturated heterocycles. The molecule has 2 atom stereocenters. The predicted octanol–water partition coefficient (Wildman–Crippen LogP) is 5.00. The molecule has 0 saturated carbocycles. The lowest BCUT2D eigenvalue weighted by Crippen LogP contribution is -2.55. The zero-order valence-corrected chi connectivity index (χ0v) is 20.9. The van der Waals surface area contributed by atoms with Crippen LogP contribution in [0.5, 0.6) is 5.75 Å². The van der Waals surface area contributed by atoms with Gasteiger partial charge in [-0.3, -0.25) is 4.79 Å². The number of carbonyl (C=O) groups is 2. The topological polar surface area (TPSA) is 61.9 Å². The summed E-state index contributed by atoms with van der Waals surface area (Å²) in [5.41, 5.74) is 0.661. The summed E-state index contributed by atoms with van der Waals surface area (Å²) in [4.78, 5) is 31.1. The molecule has 0 unspecified atom stereocenters. The first-order valence-corrected chi connectivity index (χ1v) is 12.3. The highest BCUT2D eigenvalue weighted by molar-refractivity contribution is 7.10. The molecule has 8 heteroatoms. The number of amides is 3. The van der Waals surface area contributed by atoms with E-state index >= 15 is 0 Å². The summed E-state index contributed by atoms with van der Waals surface area (Å²) in [6.45, 7) is 10.5. The third-order valence-corrected chi connectivity index (χ3v) is 6.79. The molecule has 0 spiro atoms. The number of halogens is 1. The molecule has 2 heterocycles. The molecule has 0 radical (unpaired) electrons. The van der Waals surface area contributed by atoms with Crippen molar-refractivity contribution in [1.29, 1.82) is 0 Å². The molecule has 0 aliphatic carbocycles. The smallest absolute Gasteiger partial charge is 0.318 e. The fraction of sp³-hybridized carbons (Fsp3) is 0.520. The normalized spacial score (nSPS) is 16.7. The number of hydrogen-bond acceptors (Lipinski definition) is 4. The fourth-order valence-electron chi connectivity index (χ4n) is 3.88. The van der Waals surface area contributed by atoms with Gasteiger partial charge in [0.25, 0.3) is 0 Å². The molecule has 1 aromatic heterocycles. The van der Waals surface area contributed by atoms with Gasteiger partial charge in [0.15, 0.2) is 0 Å². The highest BCUT2D eigenvalue weighted by atomic mass is 32.1. The molecule has 33 heavy (non-hydrogen) atoms. The average Bonchev–Trinajstić information content (AvgIpc) is 3.23. The summed E-state index contributed by atoms with van der Waals surface area (Å²) in [5.74, 6) is -0.0612. The molecule has 6 nitrogen and oxygen atoms in total. The number of nitrogens with zero attached hydrogens (tertiary/aromatic N) is 2. The number of fused-ring (bicyclic) bond motifs is 1. The molecule has 3 rings (SSSR count). The van der Waals surface area contributed by atoms with Gasteiger partial charge in [0.2, 0.25) is 5.91 Å². The number of carbonyl (C=O) groups excluding carboxylic acids is 2. The van der Waals surface area contributed by atoms with Crippen LogP contribution in [0.2, 0.25) is 0 Å². The number of benzene rings is 1. The molecular formula is C25H34FN3O3S. The Labute approximate surface area is 199 Å². The lowest BCUT2D eigenvalue weighted by Gasteiger charge is -2.38. The van der Waals surface area contributed by atoms with Crippen molar-refractivity contribution in [2.24, 2.45) is 0 Å². The van der Waals surface area contributed by atoms with E-state index < -0.39 is 5.54 Å². The first-order chi connectivity index (χ1) is 15.6. The highest BCUT2D eigenvalue weighted by Gasteiger charge is 2.34. The Morgan fingerprint density at radius 2 is 2.09 bits per heavy atom. The molecule has 0 fully saturated rings. The van der Waals surface area contributed by atoms with Crippen LogP contribution in [-0.4, -0.2) is 53.0 Å². The van der Waals surface area contributed by atoms with Gasteiger partial charge in [-0.1, -0.05) is 13.0 Å². The van der Waals surface area contributed by atoms with Crippen molar-refractivity contribution in [3.05, 3.63) is 52.0 Å². The van der Waals surface area contributed by atoms with E-state index in [0.29, 0.717) is 12.3 Å². The van der Waals surface area contributed by atoms with Crippen molar-refractivity contribution >= 4 is 23.3 Å². The van der Waals surface area contributed by atoms with Crippen LogP contribution in [0.1, 0.15) is 57.5 Å². The van der Waals surface area contributed by atoms with Crippen molar-refractivity contribution < 1.29 is 18.7 Å². The van der Waals surface area contributed by atoms with Crippen molar-refractivity contribution in [3.63, 3.8) is 0 Å². The van der Waals surface area contributed by atoms with Gasteiger partial charge in [-0.25, -0.2) is 9.18 Å². The molecule has 180 valence electrons. The van der Waals surface area contributed by atoms with Crippen LogP contribution in [0.25, 0.3) is 0 Å². The van der Waals surface area contributed by atoms with Crippen molar-refractivity contribution in [1.82, 2.24) is 15.1 Å². The number of urea groups is 1. The Morgan fingerprint density at radius 1 is 1.33 bits per heavy atom. The second-order valence-corrected chi connectivity index (χ2v) is 10.5. The quantitative estimate of drug-likeness (QED) is 0.613. The Morgan fingerprint density at radius 3 is 2.76 bits per heavy atom. The van der Waals surface area contributed by atoms with Crippen LogP contribution < -0.4 is 10.1 Å². The first-order valence-electron chi connectivity index (χ1n) is 11.4. The standard InChI is InChI=1S/C25H34FN3O3S/c1-6-17(2)29(24(31)27-25(3,4)5)15-23(30)28-12-10-22-20(11-13-33-22)21(28)16-32-19-9-7-8-18(26)14-19/h7-9,11,13-14,17,21H,6,10,12,15-16H2,1-5H3,(H,27,31)/t17-,21-/m1/s1. The second-order valence-electron chi connectivity index (χ2n) is 9.49. The molecule has 2 aromatic rings. The summed E-state index contributed by atoms with van der Waals surface area (Å²) >= 11 is 1.67. The monoisotopic (exact) mass is 475 g/mol. The first kappa shape index (κ1) is 25.0. The Balaban J connectivity index is 1.79.